The minimum Gasteiger partial charge on any atom is -0.383 e. The number of nitrogen functional groups attached to an aromatic ring is 1. The summed E-state index contributed by atoms with van der Waals surface area (Å²) >= 11 is 6.32. The van der Waals surface area contributed by atoms with Crippen LogP contribution in [0.5, 0.6) is 0 Å². The lowest BCUT2D eigenvalue weighted by Gasteiger charge is -2.15. The molecular weight excluding hydrogens is 446 g/mol. The van der Waals surface area contributed by atoms with E-state index in [2.05, 4.69) is 27.2 Å². The zero-order chi connectivity index (χ0) is 23.4. The van der Waals surface area contributed by atoms with E-state index in [9.17, 15) is 8.78 Å². The molecule has 4 N–H and O–H groups in total. The molecule has 1 aromatic heterocycles. The summed E-state index contributed by atoms with van der Waals surface area (Å²) in [4.78, 5) is 8.89. The molecule has 0 spiro atoms. The first-order chi connectivity index (χ1) is 15.9. The largest absolute Gasteiger partial charge is 0.383 e. The molecule has 0 aliphatic carbocycles. The molecule has 3 aromatic rings. The molecule has 2 heterocycles. The van der Waals surface area contributed by atoms with Gasteiger partial charge in [0.1, 0.15) is 34.8 Å². The van der Waals surface area contributed by atoms with Gasteiger partial charge in [0, 0.05) is 13.1 Å². The van der Waals surface area contributed by atoms with E-state index < -0.39 is 5.82 Å². The van der Waals surface area contributed by atoms with Crippen LogP contribution in [0.2, 0.25) is 5.02 Å². The number of aliphatic imine (C=N–C) groups is 1. The number of hydrogen-bond donors (Lipinski definition) is 3. The van der Waals surface area contributed by atoms with Crippen molar-refractivity contribution in [3.05, 3.63) is 82.8 Å². The molecular formula is C24H25ClF2N6. The van der Waals surface area contributed by atoms with Crippen molar-refractivity contribution in [1.82, 2.24) is 20.2 Å². The smallest absolute Gasteiger partial charge is 0.146 e. The summed E-state index contributed by atoms with van der Waals surface area (Å²) in [6.07, 6.45) is 2.49. The lowest BCUT2D eigenvalue weighted by molar-refractivity contribution is 0.487. The van der Waals surface area contributed by atoms with Gasteiger partial charge in [-0.15, -0.1) is 0 Å². The van der Waals surface area contributed by atoms with Gasteiger partial charge in [0.15, 0.2) is 0 Å². The van der Waals surface area contributed by atoms with Crippen molar-refractivity contribution in [3.8, 4) is 11.4 Å². The Labute approximate surface area is 196 Å². The monoisotopic (exact) mass is 470 g/mol. The molecule has 0 saturated carbocycles. The van der Waals surface area contributed by atoms with Crippen LogP contribution in [0.1, 0.15) is 17.7 Å². The molecule has 2 aromatic carbocycles. The fraction of sp³-hybridized carbons (Fsp3) is 0.250. The van der Waals surface area contributed by atoms with E-state index in [1.54, 1.807) is 28.8 Å². The Morgan fingerprint density at radius 3 is 2.79 bits per heavy atom. The van der Waals surface area contributed by atoms with Crippen molar-refractivity contribution in [2.24, 2.45) is 10.9 Å². The normalized spacial score (nSPS) is 15.9. The van der Waals surface area contributed by atoms with Crippen LogP contribution in [-0.2, 0) is 13.1 Å². The Kier molecular flexibility index (Phi) is 7.05. The Balaban J connectivity index is 1.58. The van der Waals surface area contributed by atoms with Crippen LogP contribution >= 0.6 is 11.6 Å². The van der Waals surface area contributed by atoms with E-state index in [0.29, 0.717) is 42.2 Å². The van der Waals surface area contributed by atoms with Crippen molar-refractivity contribution in [2.75, 3.05) is 18.8 Å². The molecule has 1 unspecified atom stereocenters. The maximum absolute atomic E-state index is 14.7. The number of nitrogens with two attached hydrogens (primary N) is 1. The third kappa shape index (κ3) is 5.40. The van der Waals surface area contributed by atoms with E-state index in [1.165, 1.54) is 24.4 Å². The fourth-order valence-electron chi connectivity index (χ4n) is 3.79. The maximum Gasteiger partial charge on any atom is 0.146 e. The average Bonchev–Trinajstić information content (AvgIpc) is 3.41. The summed E-state index contributed by atoms with van der Waals surface area (Å²) in [5.41, 5.74) is 7.93. The second kappa shape index (κ2) is 10.1. The molecule has 172 valence electrons. The van der Waals surface area contributed by atoms with Crippen molar-refractivity contribution in [1.29, 1.82) is 0 Å². The zero-order valence-corrected chi connectivity index (χ0v) is 18.7. The molecule has 1 saturated heterocycles. The highest BCUT2D eigenvalue weighted by Gasteiger charge is 2.24. The van der Waals surface area contributed by atoms with E-state index in [4.69, 9.17) is 17.3 Å². The zero-order valence-electron chi connectivity index (χ0n) is 18.0. The number of nitrogens with zero attached hydrogens (tertiary/aromatic N) is 3. The van der Waals surface area contributed by atoms with Gasteiger partial charge >= 0.3 is 0 Å². The van der Waals surface area contributed by atoms with Gasteiger partial charge in [-0.25, -0.2) is 18.8 Å². The third-order valence-electron chi connectivity index (χ3n) is 5.58. The molecule has 0 radical (unpaired) electrons. The van der Waals surface area contributed by atoms with E-state index in [1.807, 2.05) is 0 Å². The van der Waals surface area contributed by atoms with Crippen LogP contribution in [0.15, 0.2) is 59.9 Å². The van der Waals surface area contributed by atoms with Crippen molar-refractivity contribution >= 4 is 23.6 Å². The summed E-state index contributed by atoms with van der Waals surface area (Å²) in [7, 11) is 0. The molecule has 4 rings (SSSR count). The van der Waals surface area contributed by atoms with Crippen LogP contribution in [-0.4, -0.2) is 28.9 Å². The lowest BCUT2D eigenvalue weighted by atomic mass is 10.1. The van der Waals surface area contributed by atoms with Crippen LogP contribution in [0, 0.1) is 17.6 Å². The molecule has 1 atom stereocenters. The summed E-state index contributed by atoms with van der Waals surface area (Å²) in [6, 6.07) is 10.7. The Morgan fingerprint density at radius 2 is 2.09 bits per heavy atom. The molecule has 0 bridgehead atoms. The molecule has 1 aliphatic rings. The summed E-state index contributed by atoms with van der Waals surface area (Å²) in [5.74, 6) is 0.731. The lowest BCUT2D eigenvalue weighted by Crippen LogP contribution is -2.17. The molecule has 0 amide bonds. The first kappa shape index (κ1) is 22.9. The predicted molar refractivity (Wildman–Crippen MR) is 128 cm³/mol. The first-order valence-electron chi connectivity index (χ1n) is 10.6. The van der Waals surface area contributed by atoms with Crippen molar-refractivity contribution in [3.63, 3.8) is 0 Å². The fourth-order valence-corrected chi connectivity index (χ4v) is 4.03. The Morgan fingerprint density at radius 1 is 1.30 bits per heavy atom. The Bertz CT molecular complexity index is 1150. The molecule has 33 heavy (non-hydrogen) atoms. The van der Waals surface area contributed by atoms with Gasteiger partial charge in [0.2, 0.25) is 0 Å². The van der Waals surface area contributed by atoms with Gasteiger partial charge in [-0.05, 0) is 55.3 Å². The van der Waals surface area contributed by atoms with Gasteiger partial charge in [-0.1, -0.05) is 36.4 Å². The highest BCUT2D eigenvalue weighted by molar-refractivity contribution is 6.33. The number of halogens is 3. The number of anilines is 1. The van der Waals surface area contributed by atoms with E-state index in [0.717, 1.165) is 25.1 Å². The number of imidazole rings is 1. The summed E-state index contributed by atoms with van der Waals surface area (Å²) < 4.78 is 29.6. The van der Waals surface area contributed by atoms with Gasteiger partial charge in [0.05, 0.1) is 16.8 Å². The van der Waals surface area contributed by atoms with Crippen LogP contribution < -0.4 is 16.4 Å². The second-order valence-electron chi connectivity index (χ2n) is 7.96. The molecule has 1 aliphatic heterocycles. The van der Waals surface area contributed by atoms with Crippen LogP contribution in [0.3, 0.4) is 0 Å². The quantitative estimate of drug-likeness (QED) is 0.427. The van der Waals surface area contributed by atoms with Crippen LogP contribution in [0.25, 0.3) is 11.4 Å². The SMILES string of the molecule is C=C(/N=C\c1nc(-c2c(F)cccc2Cl)n(CC2CCNC2)c1N)NCc1ccc(F)cc1. The van der Waals surface area contributed by atoms with Crippen molar-refractivity contribution < 1.29 is 8.78 Å². The van der Waals surface area contributed by atoms with Crippen molar-refractivity contribution in [2.45, 2.75) is 19.5 Å². The number of rotatable bonds is 8. The van der Waals surface area contributed by atoms with Gasteiger partial charge < -0.3 is 20.9 Å². The predicted octanol–water partition coefficient (Wildman–Crippen LogP) is 4.35. The third-order valence-corrected chi connectivity index (χ3v) is 5.89. The van der Waals surface area contributed by atoms with Gasteiger partial charge in [0.25, 0.3) is 0 Å². The number of nitrogens with one attached hydrogen (secondary N) is 2. The van der Waals surface area contributed by atoms with Gasteiger partial charge in [-0.2, -0.15) is 0 Å². The number of benzene rings is 2. The molecule has 9 heteroatoms. The van der Waals surface area contributed by atoms with E-state index in [-0.39, 0.29) is 16.4 Å². The minimum atomic E-state index is -0.466. The standard InChI is InChI=1S/C24H25ClF2N6/c1-15(30-12-16-5-7-18(26)8-6-16)31-13-21-23(28)33(14-17-9-10-29-11-17)24(32-21)22-19(25)3-2-4-20(22)27/h2-8,13,17,29-30H,1,9-12,14,28H2/b31-13-. The summed E-state index contributed by atoms with van der Waals surface area (Å²) in [6.45, 7) is 6.70. The second-order valence-corrected chi connectivity index (χ2v) is 8.36. The molecule has 6 nitrogen and oxygen atoms in total. The first-order valence-corrected chi connectivity index (χ1v) is 11.0. The topological polar surface area (TPSA) is 80.3 Å². The average molecular weight is 471 g/mol. The van der Waals surface area contributed by atoms with E-state index >= 15 is 0 Å². The summed E-state index contributed by atoms with van der Waals surface area (Å²) in [5, 5.41) is 6.65. The highest BCUT2D eigenvalue weighted by atomic mass is 35.5. The van der Waals surface area contributed by atoms with Crippen LogP contribution in [0.4, 0.5) is 14.6 Å². The maximum atomic E-state index is 14.7. The number of aromatic nitrogens is 2. The highest BCUT2D eigenvalue weighted by Crippen LogP contribution is 2.33. The van der Waals surface area contributed by atoms with Gasteiger partial charge in [-0.3, -0.25) is 0 Å². The number of hydrogen-bond acceptors (Lipinski definition) is 5. The molecule has 1 fully saturated rings. The Hall–Kier alpha value is -3.23. The minimum absolute atomic E-state index is 0.213.